The maximum absolute atomic E-state index is 13.9. The van der Waals surface area contributed by atoms with Crippen LogP contribution in [0.25, 0.3) is 17.0 Å². The van der Waals surface area contributed by atoms with Crippen LogP contribution in [-0.2, 0) is 17.8 Å². The van der Waals surface area contributed by atoms with Crippen molar-refractivity contribution in [1.29, 1.82) is 0 Å². The van der Waals surface area contributed by atoms with Crippen molar-refractivity contribution in [2.45, 2.75) is 26.9 Å². The van der Waals surface area contributed by atoms with E-state index in [-0.39, 0.29) is 11.6 Å². The van der Waals surface area contributed by atoms with Crippen LogP contribution in [-0.4, -0.2) is 39.0 Å². The van der Waals surface area contributed by atoms with Crippen molar-refractivity contribution in [1.82, 2.24) is 9.88 Å². The zero-order chi connectivity index (χ0) is 32.9. The van der Waals surface area contributed by atoms with E-state index in [2.05, 4.69) is 52.7 Å². The molecule has 0 saturated carbocycles. The third-order valence-corrected chi connectivity index (χ3v) is 9.36. The molecule has 0 aliphatic carbocycles. The third-order valence-electron chi connectivity index (χ3n) is 7.55. The molecule has 5 aromatic rings. The Kier molecular flexibility index (Phi) is 9.92. The fourth-order valence-electron chi connectivity index (χ4n) is 5.30. The molecular formula is C36H31IN4O5S. The molecule has 1 aliphatic rings. The van der Waals surface area contributed by atoms with E-state index < -0.39 is 4.92 Å². The van der Waals surface area contributed by atoms with Crippen molar-refractivity contribution in [2.24, 2.45) is 4.99 Å². The van der Waals surface area contributed by atoms with Gasteiger partial charge >= 0.3 is 0 Å². The standard InChI is InChI=1S/C36H31IN4O5S/c1-3-45-32-19-25(18-30(37)34(32)46-22-24-8-6-7-23(2)17-24)20-33-35(42)40(16-15-26-21-38-31-10-5-4-9-29(26)31)36(47-33)39-27-11-13-28(14-12-27)41(43)44/h4-14,17-21,38H,3,15-16,22H2,1-2H3/b33-20-,39-36?. The van der Waals surface area contributed by atoms with Gasteiger partial charge in [0.1, 0.15) is 6.61 Å². The number of carbonyl (C=O) groups is 1. The van der Waals surface area contributed by atoms with Crippen LogP contribution in [0.3, 0.4) is 0 Å². The summed E-state index contributed by atoms with van der Waals surface area (Å²) in [6, 6.07) is 26.1. The summed E-state index contributed by atoms with van der Waals surface area (Å²) in [7, 11) is 0. The molecule has 1 aromatic heterocycles. The second kappa shape index (κ2) is 14.4. The highest BCUT2D eigenvalue weighted by Crippen LogP contribution is 2.39. The first-order chi connectivity index (χ1) is 22.8. The average molecular weight is 759 g/mol. The molecule has 0 atom stereocenters. The van der Waals surface area contributed by atoms with Gasteiger partial charge in [0, 0.05) is 35.8 Å². The van der Waals surface area contributed by atoms with Crippen LogP contribution < -0.4 is 9.47 Å². The first-order valence-corrected chi connectivity index (χ1v) is 16.9. The fourth-order valence-corrected chi connectivity index (χ4v) is 7.11. The van der Waals surface area contributed by atoms with Gasteiger partial charge in [-0.05, 0) is 108 Å². The molecule has 0 radical (unpaired) electrons. The summed E-state index contributed by atoms with van der Waals surface area (Å²) in [6.07, 6.45) is 4.43. The number of H-pyrrole nitrogens is 1. The number of nitrogens with zero attached hydrogens (tertiary/aromatic N) is 3. The van der Waals surface area contributed by atoms with Gasteiger partial charge in [-0.15, -0.1) is 0 Å². The summed E-state index contributed by atoms with van der Waals surface area (Å²) in [4.78, 5) is 34.9. The van der Waals surface area contributed by atoms with Crippen LogP contribution >= 0.6 is 34.4 Å². The largest absolute Gasteiger partial charge is 0.490 e. The third kappa shape index (κ3) is 7.52. The lowest BCUT2D eigenvalue weighted by Gasteiger charge is -2.16. The van der Waals surface area contributed by atoms with E-state index in [9.17, 15) is 14.9 Å². The van der Waals surface area contributed by atoms with Gasteiger partial charge in [0.05, 0.1) is 25.7 Å². The minimum absolute atomic E-state index is 0.0214. The molecule has 9 nitrogen and oxygen atoms in total. The molecule has 11 heteroatoms. The minimum Gasteiger partial charge on any atom is -0.490 e. The van der Waals surface area contributed by atoms with Crippen molar-refractivity contribution in [3.05, 3.63) is 132 Å². The molecule has 0 unspecified atom stereocenters. The molecule has 6 rings (SSSR count). The van der Waals surface area contributed by atoms with Gasteiger partial charge < -0.3 is 14.5 Å². The van der Waals surface area contributed by atoms with Crippen molar-refractivity contribution >= 4 is 73.8 Å². The lowest BCUT2D eigenvalue weighted by Crippen LogP contribution is -2.31. The van der Waals surface area contributed by atoms with E-state index in [0.29, 0.717) is 53.4 Å². The molecule has 1 saturated heterocycles. The second-order valence-electron chi connectivity index (χ2n) is 10.9. The molecule has 0 spiro atoms. The lowest BCUT2D eigenvalue weighted by atomic mass is 10.1. The molecule has 1 aliphatic heterocycles. The average Bonchev–Trinajstić information content (AvgIpc) is 3.59. The van der Waals surface area contributed by atoms with E-state index in [1.54, 1.807) is 17.0 Å². The summed E-state index contributed by atoms with van der Waals surface area (Å²) >= 11 is 3.52. The Labute approximate surface area is 290 Å². The predicted molar refractivity (Wildman–Crippen MR) is 195 cm³/mol. The van der Waals surface area contributed by atoms with Crippen molar-refractivity contribution in [2.75, 3.05) is 13.2 Å². The maximum Gasteiger partial charge on any atom is 0.269 e. The number of rotatable bonds is 11. The number of fused-ring (bicyclic) bond motifs is 1. The molecule has 4 aromatic carbocycles. The number of aromatic nitrogens is 1. The number of nitro benzene ring substituents is 1. The van der Waals surface area contributed by atoms with Gasteiger partial charge in [-0.2, -0.15) is 0 Å². The van der Waals surface area contributed by atoms with Gasteiger partial charge in [0.2, 0.25) is 0 Å². The summed E-state index contributed by atoms with van der Waals surface area (Å²) < 4.78 is 13.1. The first-order valence-electron chi connectivity index (χ1n) is 15.0. The number of aryl methyl sites for hydroxylation is 1. The van der Waals surface area contributed by atoms with Crippen molar-refractivity contribution in [3.63, 3.8) is 0 Å². The number of para-hydroxylation sites is 1. The molecule has 1 N–H and O–H groups in total. The Morgan fingerprint density at radius 3 is 2.62 bits per heavy atom. The summed E-state index contributed by atoms with van der Waals surface area (Å²) in [6.45, 7) is 5.24. The molecular weight excluding hydrogens is 727 g/mol. The van der Waals surface area contributed by atoms with E-state index in [4.69, 9.17) is 14.5 Å². The number of halogens is 1. The molecule has 1 amide bonds. The highest BCUT2D eigenvalue weighted by Gasteiger charge is 2.33. The van der Waals surface area contributed by atoms with E-state index in [1.807, 2.05) is 61.7 Å². The number of non-ortho nitro benzene ring substituents is 1. The number of hydrogen-bond acceptors (Lipinski definition) is 7. The normalized spacial score (nSPS) is 14.8. The van der Waals surface area contributed by atoms with Gasteiger partial charge in [-0.1, -0.05) is 48.0 Å². The minimum atomic E-state index is -0.448. The van der Waals surface area contributed by atoms with E-state index in [0.717, 1.165) is 31.2 Å². The zero-order valence-corrected chi connectivity index (χ0v) is 28.7. The quantitative estimate of drug-likeness (QED) is 0.0624. The van der Waals surface area contributed by atoms with Gasteiger partial charge in [0.25, 0.3) is 11.6 Å². The van der Waals surface area contributed by atoms with Crippen molar-refractivity contribution in [3.8, 4) is 11.5 Å². The number of amides is 1. The molecule has 238 valence electrons. The number of aromatic amines is 1. The van der Waals surface area contributed by atoms with Crippen molar-refractivity contribution < 1.29 is 19.2 Å². The molecule has 47 heavy (non-hydrogen) atoms. The smallest absolute Gasteiger partial charge is 0.269 e. The summed E-state index contributed by atoms with van der Waals surface area (Å²) in [5, 5.41) is 12.8. The van der Waals surface area contributed by atoms with Crippen LogP contribution in [0.1, 0.15) is 29.2 Å². The van der Waals surface area contributed by atoms with Crippen LogP contribution in [0, 0.1) is 20.6 Å². The monoisotopic (exact) mass is 758 g/mol. The Morgan fingerprint density at radius 2 is 1.85 bits per heavy atom. The van der Waals surface area contributed by atoms with Gasteiger partial charge in [-0.25, -0.2) is 4.99 Å². The highest BCUT2D eigenvalue weighted by atomic mass is 127. The summed E-state index contributed by atoms with van der Waals surface area (Å²) in [5.74, 6) is 1.09. The van der Waals surface area contributed by atoms with Crippen LogP contribution in [0.4, 0.5) is 11.4 Å². The van der Waals surface area contributed by atoms with Crippen LogP contribution in [0.15, 0.2) is 101 Å². The number of nitrogens with one attached hydrogen (secondary N) is 1. The maximum atomic E-state index is 13.9. The topological polar surface area (TPSA) is 110 Å². The lowest BCUT2D eigenvalue weighted by molar-refractivity contribution is -0.384. The number of thioether (sulfide) groups is 1. The highest BCUT2D eigenvalue weighted by molar-refractivity contribution is 14.1. The van der Waals surface area contributed by atoms with E-state index >= 15 is 0 Å². The Balaban J connectivity index is 1.30. The number of aliphatic imine (C=N–C) groups is 1. The Bertz CT molecular complexity index is 2020. The molecule has 1 fully saturated rings. The summed E-state index contributed by atoms with van der Waals surface area (Å²) in [5.41, 5.74) is 5.66. The van der Waals surface area contributed by atoms with Crippen LogP contribution in [0.2, 0.25) is 0 Å². The molecule has 2 heterocycles. The number of benzene rings is 4. The number of hydrogen-bond donors (Lipinski definition) is 1. The van der Waals surface area contributed by atoms with E-state index in [1.165, 1.54) is 29.5 Å². The fraction of sp³-hybridized carbons (Fsp3) is 0.167. The number of ether oxygens (including phenoxy) is 2. The van der Waals surface area contributed by atoms with Crippen LogP contribution in [0.5, 0.6) is 11.5 Å². The number of carbonyl (C=O) groups excluding carboxylic acids is 1. The molecule has 0 bridgehead atoms. The number of amidine groups is 1. The van der Waals surface area contributed by atoms with Gasteiger partial charge in [-0.3, -0.25) is 19.8 Å². The second-order valence-corrected chi connectivity index (χ2v) is 13.1. The predicted octanol–water partition coefficient (Wildman–Crippen LogP) is 8.81. The zero-order valence-electron chi connectivity index (χ0n) is 25.7. The SMILES string of the molecule is CCOc1cc(/C=C2\SC(=Nc3ccc([N+](=O)[O-])cc3)N(CCc3c[nH]c4ccccc34)C2=O)cc(I)c1OCc1cccc(C)c1. The Hall–Kier alpha value is -4.62. The van der Waals surface area contributed by atoms with Gasteiger partial charge in [0.15, 0.2) is 16.7 Å². The Morgan fingerprint density at radius 1 is 1.04 bits per heavy atom. The first kappa shape index (κ1) is 32.3. The number of nitro groups is 1.